The lowest BCUT2D eigenvalue weighted by Crippen LogP contribution is -2.16. The number of hydrogen-bond donors (Lipinski definition) is 1. The van der Waals surface area contributed by atoms with E-state index in [0.717, 1.165) is 11.3 Å². The summed E-state index contributed by atoms with van der Waals surface area (Å²) in [4.78, 5) is 11.7. The Labute approximate surface area is 93.7 Å². The molecule has 0 radical (unpaired) electrons. The van der Waals surface area contributed by atoms with Crippen molar-refractivity contribution < 1.29 is 0 Å². The second-order valence-corrected chi connectivity index (χ2v) is 4.40. The Morgan fingerprint density at radius 1 is 1.25 bits per heavy atom. The van der Waals surface area contributed by atoms with Gasteiger partial charge >= 0.3 is 0 Å². The van der Waals surface area contributed by atoms with E-state index >= 15 is 0 Å². The first kappa shape index (κ1) is 9.46. The van der Waals surface area contributed by atoms with Crippen molar-refractivity contribution >= 4 is 0 Å². The lowest BCUT2D eigenvalue weighted by molar-refractivity contribution is 0.652. The van der Waals surface area contributed by atoms with Gasteiger partial charge in [-0.2, -0.15) is 0 Å². The third kappa shape index (κ3) is 1.81. The van der Waals surface area contributed by atoms with Gasteiger partial charge in [0.2, 0.25) is 0 Å². The van der Waals surface area contributed by atoms with Gasteiger partial charge in [-0.1, -0.05) is 30.3 Å². The Bertz CT molecular complexity index is 535. The Morgan fingerprint density at radius 2 is 2.00 bits per heavy atom. The predicted octanol–water partition coefficient (Wildman–Crippen LogP) is 2.10. The molecule has 0 amide bonds. The van der Waals surface area contributed by atoms with Crippen LogP contribution in [0.1, 0.15) is 30.0 Å². The van der Waals surface area contributed by atoms with Crippen LogP contribution in [-0.2, 0) is 6.54 Å². The molecule has 16 heavy (non-hydrogen) atoms. The Balaban J connectivity index is 1.86. The van der Waals surface area contributed by atoms with Crippen LogP contribution in [0.2, 0.25) is 0 Å². The van der Waals surface area contributed by atoms with Crippen LogP contribution in [0.15, 0.2) is 41.2 Å². The number of hydrogen-bond acceptors (Lipinski definition) is 1. The van der Waals surface area contributed by atoms with Crippen molar-refractivity contribution in [2.75, 3.05) is 0 Å². The largest absolute Gasteiger partial charge is 0.299 e. The van der Waals surface area contributed by atoms with E-state index in [4.69, 9.17) is 0 Å². The van der Waals surface area contributed by atoms with Crippen molar-refractivity contribution in [1.82, 2.24) is 9.78 Å². The monoisotopic (exact) mass is 214 g/mol. The molecule has 1 heterocycles. The molecule has 0 atom stereocenters. The summed E-state index contributed by atoms with van der Waals surface area (Å²) < 4.78 is 1.68. The molecule has 3 rings (SSSR count). The molecule has 0 unspecified atom stereocenters. The van der Waals surface area contributed by atoms with Gasteiger partial charge in [-0.25, -0.2) is 4.68 Å². The number of nitrogens with zero attached hydrogens (tertiary/aromatic N) is 1. The van der Waals surface area contributed by atoms with Crippen LogP contribution < -0.4 is 5.56 Å². The molecule has 1 aromatic heterocycles. The zero-order chi connectivity index (χ0) is 11.0. The molecule has 0 bridgehead atoms. The number of aromatic amines is 1. The molecule has 0 aliphatic heterocycles. The SMILES string of the molecule is O=c1cc(C2CC2)[nH]n1Cc1ccccc1. The third-order valence-electron chi connectivity index (χ3n) is 3.01. The molecule has 1 fully saturated rings. The van der Waals surface area contributed by atoms with Crippen LogP contribution in [-0.4, -0.2) is 9.78 Å². The van der Waals surface area contributed by atoms with Gasteiger partial charge < -0.3 is 0 Å². The summed E-state index contributed by atoms with van der Waals surface area (Å²) in [6.07, 6.45) is 2.43. The molecule has 0 saturated heterocycles. The van der Waals surface area contributed by atoms with Gasteiger partial charge in [0.1, 0.15) is 0 Å². The maximum atomic E-state index is 11.7. The normalized spacial score (nSPS) is 15.2. The summed E-state index contributed by atoms with van der Waals surface area (Å²) in [6, 6.07) is 11.8. The smallest absolute Gasteiger partial charge is 0.267 e. The van der Waals surface area contributed by atoms with E-state index in [2.05, 4.69) is 5.10 Å². The van der Waals surface area contributed by atoms with Crippen molar-refractivity contribution in [3.63, 3.8) is 0 Å². The molecule has 1 N–H and O–H groups in total. The molecule has 1 saturated carbocycles. The van der Waals surface area contributed by atoms with Crippen molar-refractivity contribution in [2.24, 2.45) is 0 Å². The molecule has 1 aliphatic rings. The number of nitrogens with one attached hydrogen (secondary N) is 1. The molecule has 0 spiro atoms. The predicted molar refractivity (Wildman–Crippen MR) is 62.6 cm³/mol. The fourth-order valence-corrected chi connectivity index (χ4v) is 1.94. The second-order valence-electron chi connectivity index (χ2n) is 4.40. The summed E-state index contributed by atoms with van der Waals surface area (Å²) in [5.41, 5.74) is 2.32. The number of rotatable bonds is 3. The first-order valence-electron chi connectivity index (χ1n) is 5.66. The zero-order valence-corrected chi connectivity index (χ0v) is 9.02. The fourth-order valence-electron chi connectivity index (χ4n) is 1.94. The molecule has 2 aromatic rings. The first-order valence-corrected chi connectivity index (χ1v) is 5.66. The standard InChI is InChI=1S/C13H14N2O/c16-13-8-12(11-6-7-11)14-15(13)9-10-4-2-1-3-5-10/h1-5,8,11,14H,6-7,9H2. The van der Waals surface area contributed by atoms with E-state index < -0.39 is 0 Å². The Morgan fingerprint density at radius 3 is 2.69 bits per heavy atom. The van der Waals surface area contributed by atoms with Crippen LogP contribution >= 0.6 is 0 Å². The molecule has 3 nitrogen and oxygen atoms in total. The van der Waals surface area contributed by atoms with Gasteiger partial charge in [0.25, 0.3) is 5.56 Å². The minimum absolute atomic E-state index is 0.0748. The summed E-state index contributed by atoms with van der Waals surface area (Å²) in [6.45, 7) is 0.631. The van der Waals surface area contributed by atoms with Crippen molar-refractivity contribution in [1.29, 1.82) is 0 Å². The zero-order valence-electron chi connectivity index (χ0n) is 9.02. The first-order chi connectivity index (χ1) is 7.83. The number of H-pyrrole nitrogens is 1. The molecule has 1 aromatic carbocycles. The van der Waals surface area contributed by atoms with E-state index in [1.165, 1.54) is 12.8 Å². The third-order valence-corrected chi connectivity index (χ3v) is 3.01. The van der Waals surface area contributed by atoms with Crippen molar-refractivity contribution in [2.45, 2.75) is 25.3 Å². The van der Waals surface area contributed by atoms with Crippen LogP contribution in [0.3, 0.4) is 0 Å². The molecule has 1 aliphatic carbocycles. The van der Waals surface area contributed by atoms with E-state index in [1.807, 2.05) is 30.3 Å². The van der Waals surface area contributed by atoms with Gasteiger partial charge in [-0.05, 0) is 18.4 Å². The van der Waals surface area contributed by atoms with Crippen LogP contribution in [0.5, 0.6) is 0 Å². The maximum Gasteiger partial charge on any atom is 0.267 e. The summed E-state index contributed by atoms with van der Waals surface area (Å²) >= 11 is 0. The quantitative estimate of drug-likeness (QED) is 0.834. The van der Waals surface area contributed by atoms with Gasteiger partial charge in [0.05, 0.1) is 6.54 Å². The summed E-state index contributed by atoms with van der Waals surface area (Å²) in [5, 5.41) is 3.20. The highest BCUT2D eigenvalue weighted by Gasteiger charge is 2.25. The lowest BCUT2D eigenvalue weighted by Gasteiger charge is -2.01. The van der Waals surface area contributed by atoms with Crippen LogP contribution in [0.4, 0.5) is 0 Å². The van der Waals surface area contributed by atoms with Crippen molar-refractivity contribution in [3.05, 3.63) is 58.0 Å². The molecule has 82 valence electrons. The van der Waals surface area contributed by atoms with E-state index in [1.54, 1.807) is 10.7 Å². The van der Waals surface area contributed by atoms with Crippen molar-refractivity contribution in [3.8, 4) is 0 Å². The van der Waals surface area contributed by atoms with E-state index in [9.17, 15) is 4.79 Å². The minimum Gasteiger partial charge on any atom is -0.299 e. The molecular weight excluding hydrogens is 200 g/mol. The average Bonchev–Trinajstić information content (AvgIpc) is 3.07. The average molecular weight is 214 g/mol. The van der Waals surface area contributed by atoms with Gasteiger partial charge in [0, 0.05) is 17.7 Å². The second kappa shape index (κ2) is 3.67. The molecule has 3 heteroatoms. The highest BCUT2D eigenvalue weighted by atomic mass is 16.1. The van der Waals surface area contributed by atoms with Gasteiger partial charge in [-0.15, -0.1) is 0 Å². The van der Waals surface area contributed by atoms with Crippen LogP contribution in [0.25, 0.3) is 0 Å². The summed E-state index contributed by atoms with van der Waals surface area (Å²) in [5.74, 6) is 0.602. The van der Waals surface area contributed by atoms with Gasteiger partial charge in [-0.3, -0.25) is 9.89 Å². The fraction of sp³-hybridized carbons (Fsp3) is 0.308. The van der Waals surface area contributed by atoms with Gasteiger partial charge in [0.15, 0.2) is 0 Å². The molecular formula is C13H14N2O. The van der Waals surface area contributed by atoms with Crippen LogP contribution in [0, 0.1) is 0 Å². The topological polar surface area (TPSA) is 37.8 Å². The Kier molecular flexibility index (Phi) is 2.17. The Hall–Kier alpha value is -1.77. The number of aromatic nitrogens is 2. The number of benzene rings is 1. The maximum absolute atomic E-state index is 11.7. The highest BCUT2D eigenvalue weighted by molar-refractivity contribution is 5.17. The highest BCUT2D eigenvalue weighted by Crippen LogP contribution is 2.38. The van der Waals surface area contributed by atoms with E-state index in [-0.39, 0.29) is 5.56 Å². The van der Waals surface area contributed by atoms with E-state index in [0.29, 0.717) is 12.5 Å². The lowest BCUT2D eigenvalue weighted by atomic mass is 10.2. The summed E-state index contributed by atoms with van der Waals surface area (Å²) in [7, 11) is 0. The minimum atomic E-state index is 0.0748.